The van der Waals surface area contributed by atoms with Crippen LogP contribution in [0.1, 0.15) is 26.3 Å². The van der Waals surface area contributed by atoms with E-state index in [0.717, 1.165) is 22.5 Å². The Morgan fingerprint density at radius 3 is 2.15 bits per heavy atom. The predicted molar refractivity (Wildman–Crippen MR) is 92.5 cm³/mol. The Morgan fingerprint density at radius 2 is 1.63 bits per heavy atom. The number of carbonyl (C=O) groups excluding carboxylic acids is 1. The van der Waals surface area contributed by atoms with Crippen molar-refractivity contribution < 1.29 is 31.1 Å². The van der Waals surface area contributed by atoms with Gasteiger partial charge in [0.1, 0.15) is 5.60 Å². The summed E-state index contributed by atoms with van der Waals surface area (Å²) < 4.78 is 71.0. The van der Waals surface area contributed by atoms with Gasteiger partial charge in [-0.15, -0.1) is 0 Å². The number of piperazine rings is 1. The number of benzene rings is 1. The molecular formula is C17H23F3N2O4S. The summed E-state index contributed by atoms with van der Waals surface area (Å²) in [6, 6.07) is 4.14. The van der Waals surface area contributed by atoms with Crippen molar-refractivity contribution in [1.29, 1.82) is 0 Å². The molecule has 1 aromatic rings. The van der Waals surface area contributed by atoms with E-state index in [4.69, 9.17) is 4.74 Å². The molecule has 0 atom stereocenters. The number of carbonyl (C=O) groups is 1. The van der Waals surface area contributed by atoms with Crippen molar-refractivity contribution in [2.75, 3.05) is 32.7 Å². The lowest BCUT2D eigenvalue weighted by Crippen LogP contribution is -2.50. The molecule has 0 radical (unpaired) electrons. The Kier molecular flexibility index (Phi) is 6.23. The maximum absolute atomic E-state index is 13.1. The van der Waals surface area contributed by atoms with Gasteiger partial charge in [0.05, 0.1) is 17.0 Å². The zero-order valence-corrected chi connectivity index (χ0v) is 16.2. The Labute approximate surface area is 156 Å². The fourth-order valence-electron chi connectivity index (χ4n) is 2.75. The van der Waals surface area contributed by atoms with Crippen LogP contribution in [-0.4, -0.2) is 61.9 Å². The number of sulfonamides is 1. The minimum Gasteiger partial charge on any atom is -0.459 e. The van der Waals surface area contributed by atoms with Crippen LogP contribution in [0.5, 0.6) is 0 Å². The molecule has 2 rings (SSSR count). The molecule has 6 nitrogen and oxygen atoms in total. The van der Waals surface area contributed by atoms with E-state index >= 15 is 0 Å². The van der Waals surface area contributed by atoms with Gasteiger partial charge in [-0.25, -0.2) is 8.42 Å². The van der Waals surface area contributed by atoms with E-state index in [1.807, 2.05) is 0 Å². The first-order valence-electron chi connectivity index (χ1n) is 8.41. The molecule has 1 fully saturated rings. The highest BCUT2D eigenvalue weighted by atomic mass is 32.2. The third-order valence-corrected chi connectivity index (χ3v) is 5.87. The van der Waals surface area contributed by atoms with Crippen molar-refractivity contribution in [2.24, 2.45) is 0 Å². The monoisotopic (exact) mass is 408 g/mol. The second kappa shape index (κ2) is 7.76. The Balaban J connectivity index is 2.07. The average molecular weight is 408 g/mol. The molecule has 1 saturated heterocycles. The van der Waals surface area contributed by atoms with Crippen molar-refractivity contribution in [3.8, 4) is 0 Å². The van der Waals surface area contributed by atoms with Crippen LogP contribution < -0.4 is 0 Å². The number of hydrogen-bond acceptors (Lipinski definition) is 5. The van der Waals surface area contributed by atoms with Gasteiger partial charge in [-0.1, -0.05) is 12.1 Å². The molecule has 1 aromatic carbocycles. The number of hydrogen-bond donors (Lipinski definition) is 0. The second-order valence-corrected chi connectivity index (χ2v) is 9.17. The van der Waals surface area contributed by atoms with Crippen LogP contribution in [0.4, 0.5) is 13.2 Å². The number of halogens is 3. The van der Waals surface area contributed by atoms with Gasteiger partial charge in [0.25, 0.3) is 0 Å². The zero-order chi connectivity index (χ0) is 20.5. The van der Waals surface area contributed by atoms with E-state index in [1.54, 1.807) is 25.7 Å². The Morgan fingerprint density at radius 1 is 1.07 bits per heavy atom. The summed E-state index contributed by atoms with van der Waals surface area (Å²) in [5.41, 5.74) is -1.80. The zero-order valence-electron chi connectivity index (χ0n) is 15.4. The topological polar surface area (TPSA) is 66.9 Å². The van der Waals surface area contributed by atoms with Crippen LogP contribution in [0, 0.1) is 0 Å². The van der Waals surface area contributed by atoms with Crippen molar-refractivity contribution >= 4 is 16.0 Å². The maximum Gasteiger partial charge on any atom is 0.417 e. The molecule has 0 unspecified atom stereocenters. The number of esters is 1. The lowest BCUT2D eigenvalue weighted by atomic mass is 10.2. The van der Waals surface area contributed by atoms with Crippen molar-refractivity contribution in [3.63, 3.8) is 0 Å². The average Bonchev–Trinajstić information content (AvgIpc) is 2.52. The molecule has 0 aromatic heterocycles. The fourth-order valence-corrected chi connectivity index (χ4v) is 4.38. The minimum absolute atomic E-state index is 0.00266. The largest absolute Gasteiger partial charge is 0.459 e. The third-order valence-electron chi connectivity index (χ3n) is 3.91. The first-order valence-corrected chi connectivity index (χ1v) is 9.85. The molecule has 0 N–H and O–H groups in total. The normalized spacial score (nSPS) is 17.7. The smallest absolute Gasteiger partial charge is 0.417 e. The highest BCUT2D eigenvalue weighted by Crippen LogP contribution is 2.35. The number of nitrogens with zero attached hydrogens (tertiary/aromatic N) is 2. The van der Waals surface area contributed by atoms with Gasteiger partial charge in [0, 0.05) is 26.2 Å². The van der Waals surface area contributed by atoms with E-state index in [2.05, 4.69) is 0 Å². The molecule has 1 heterocycles. The van der Waals surface area contributed by atoms with Gasteiger partial charge < -0.3 is 4.74 Å². The minimum atomic E-state index is -4.76. The molecule has 0 saturated carbocycles. The highest BCUT2D eigenvalue weighted by molar-refractivity contribution is 7.89. The van der Waals surface area contributed by atoms with Gasteiger partial charge in [-0.3, -0.25) is 9.69 Å². The summed E-state index contributed by atoms with van der Waals surface area (Å²) >= 11 is 0. The first kappa shape index (κ1) is 21.6. The number of ether oxygens (including phenoxy) is 1. The third kappa shape index (κ3) is 5.66. The van der Waals surface area contributed by atoms with Crippen molar-refractivity contribution in [1.82, 2.24) is 9.21 Å². The SMILES string of the molecule is CC(C)(C)OC(=O)CN1CCN(S(=O)(=O)c2ccccc2C(F)(F)F)CC1. The maximum atomic E-state index is 13.1. The number of rotatable bonds is 4. The summed E-state index contributed by atoms with van der Waals surface area (Å²) in [5.74, 6) is -0.429. The standard InChI is InChI=1S/C17H23F3N2O4S/c1-16(2,3)26-15(23)12-21-8-10-22(11-9-21)27(24,25)14-7-5-4-6-13(14)17(18,19)20/h4-7H,8-12H2,1-3H3. The number of alkyl halides is 3. The Bertz CT molecular complexity index is 780. The molecule has 0 amide bonds. The predicted octanol–water partition coefficient (Wildman–Crippen LogP) is 2.35. The lowest BCUT2D eigenvalue weighted by Gasteiger charge is -2.34. The summed E-state index contributed by atoms with van der Waals surface area (Å²) in [7, 11) is -4.29. The summed E-state index contributed by atoms with van der Waals surface area (Å²) in [6.45, 7) is 5.69. The van der Waals surface area contributed by atoms with Gasteiger partial charge in [0.15, 0.2) is 0 Å². The molecule has 10 heteroatoms. The van der Waals surface area contributed by atoms with Crippen molar-refractivity contribution in [3.05, 3.63) is 29.8 Å². The summed E-state index contributed by atoms with van der Waals surface area (Å²) in [5, 5.41) is 0. The van der Waals surface area contributed by atoms with Crippen LogP contribution >= 0.6 is 0 Å². The summed E-state index contributed by atoms with van der Waals surface area (Å²) in [4.78, 5) is 12.8. The Hall–Kier alpha value is -1.65. The van der Waals surface area contributed by atoms with E-state index in [0.29, 0.717) is 0 Å². The van der Waals surface area contributed by atoms with Crippen molar-refractivity contribution in [2.45, 2.75) is 37.4 Å². The van der Waals surface area contributed by atoms with E-state index < -0.39 is 38.2 Å². The molecule has 152 valence electrons. The van der Waals surface area contributed by atoms with Crippen LogP contribution in [-0.2, 0) is 25.7 Å². The van der Waals surface area contributed by atoms with E-state index in [9.17, 15) is 26.4 Å². The van der Waals surface area contributed by atoms with Crippen LogP contribution in [0.2, 0.25) is 0 Å². The molecule has 27 heavy (non-hydrogen) atoms. The highest BCUT2D eigenvalue weighted by Gasteiger charge is 2.39. The molecule has 0 bridgehead atoms. The summed E-state index contributed by atoms with van der Waals surface area (Å²) in [6.07, 6.45) is -4.76. The molecular weight excluding hydrogens is 385 g/mol. The molecule has 0 spiro atoms. The van der Waals surface area contributed by atoms with Gasteiger partial charge >= 0.3 is 12.1 Å². The van der Waals surface area contributed by atoms with E-state index in [-0.39, 0.29) is 32.7 Å². The van der Waals surface area contributed by atoms with Gasteiger partial charge in [0.2, 0.25) is 10.0 Å². The first-order chi connectivity index (χ1) is 12.3. The van der Waals surface area contributed by atoms with Crippen LogP contribution in [0.3, 0.4) is 0 Å². The molecule has 0 aliphatic carbocycles. The van der Waals surface area contributed by atoms with Gasteiger partial charge in [-0.2, -0.15) is 17.5 Å². The van der Waals surface area contributed by atoms with Crippen LogP contribution in [0.25, 0.3) is 0 Å². The second-order valence-electron chi connectivity index (χ2n) is 7.26. The van der Waals surface area contributed by atoms with Gasteiger partial charge in [-0.05, 0) is 32.9 Å². The molecule has 1 aliphatic heterocycles. The fraction of sp³-hybridized carbons (Fsp3) is 0.588. The van der Waals surface area contributed by atoms with Crippen LogP contribution in [0.15, 0.2) is 29.2 Å². The molecule has 1 aliphatic rings. The van der Waals surface area contributed by atoms with E-state index in [1.165, 1.54) is 6.07 Å². The quantitative estimate of drug-likeness (QED) is 0.716. The lowest BCUT2D eigenvalue weighted by molar-refractivity contribution is -0.156.